The number of carbonyl (C=O) groups excluding carboxylic acids is 1. The molecule has 26 heavy (non-hydrogen) atoms. The Labute approximate surface area is 150 Å². The first-order chi connectivity index (χ1) is 12.3. The Bertz CT molecular complexity index is 949. The summed E-state index contributed by atoms with van der Waals surface area (Å²) < 4.78 is 44.9. The number of alkyl halides is 3. The van der Waals surface area contributed by atoms with Crippen molar-refractivity contribution >= 4 is 22.4 Å². The lowest BCUT2D eigenvalue weighted by molar-refractivity contribution is -0.137. The number of amides is 1. The van der Waals surface area contributed by atoms with Crippen molar-refractivity contribution in [1.82, 2.24) is 14.8 Å². The van der Waals surface area contributed by atoms with Crippen molar-refractivity contribution in [2.24, 2.45) is 0 Å². The smallest absolute Gasteiger partial charge is 0.416 e. The van der Waals surface area contributed by atoms with E-state index in [-0.39, 0.29) is 17.1 Å². The molecule has 0 radical (unpaired) electrons. The van der Waals surface area contributed by atoms with Gasteiger partial charge in [0, 0.05) is 11.1 Å². The standard InChI is InChI=1S/C16H13F3N4O2S/c1-9-7-20-15(26-9)21-14(24)13-12(25-2)8-23(22-13)11-5-3-4-10(6-11)16(17,18)19/h3-8H,1-2H3,(H,20,21,24). The second-order valence-corrected chi connectivity index (χ2v) is 6.50. The minimum Gasteiger partial charge on any atom is -0.493 e. The highest BCUT2D eigenvalue weighted by molar-refractivity contribution is 7.15. The second kappa shape index (κ2) is 6.79. The Balaban J connectivity index is 1.93. The number of carbonyl (C=O) groups is 1. The zero-order valence-electron chi connectivity index (χ0n) is 13.7. The third-order valence-electron chi connectivity index (χ3n) is 3.40. The molecule has 1 N–H and O–H groups in total. The lowest BCUT2D eigenvalue weighted by Gasteiger charge is -2.08. The maximum absolute atomic E-state index is 12.9. The molecule has 0 aliphatic rings. The van der Waals surface area contributed by atoms with E-state index in [9.17, 15) is 18.0 Å². The van der Waals surface area contributed by atoms with Gasteiger partial charge in [0.15, 0.2) is 16.6 Å². The van der Waals surface area contributed by atoms with Crippen molar-refractivity contribution in [3.05, 3.63) is 52.8 Å². The van der Waals surface area contributed by atoms with Gasteiger partial charge >= 0.3 is 6.18 Å². The number of hydrogen-bond acceptors (Lipinski definition) is 5. The zero-order chi connectivity index (χ0) is 18.9. The van der Waals surface area contributed by atoms with Crippen LogP contribution in [0.5, 0.6) is 5.75 Å². The number of nitrogens with zero attached hydrogens (tertiary/aromatic N) is 3. The van der Waals surface area contributed by atoms with Crippen LogP contribution < -0.4 is 10.1 Å². The fraction of sp³-hybridized carbons (Fsp3) is 0.188. The van der Waals surface area contributed by atoms with Crippen LogP contribution in [0.4, 0.5) is 18.3 Å². The molecule has 10 heteroatoms. The molecule has 0 bridgehead atoms. The maximum Gasteiger partial charge on any atom is 0.416 e. The van der Waals surface area contributed by atoms with E-state index in [1.165, 1.54) is 36.8 Å². The van der Waals surface area contributed by atoms with E-state index in [1.54, 1.807) is 6.20 Å². The van der Waals surface area contributed by atoms with Crippen molar-refractivity contribution < 1.29 is 22.7 Å². The van der Waals surface area contributed by atoms with Gasteiger partial charge in [-0.2, -0.15) is 18.3 Å². The topological polar surface area (TPSA) is 69.0 Å². The predicted octanol–water partition coefficient (Wildman–Crippen LogP) is 3.92. The quantitative estimate of drug-likeness (QED) is 0.743. The minimum absolute atomic E-state index is 0.0576. The Kier molecular flexibility index (Phi) is 4.68. The summed E-state index contributed by atoms with van der Waals surface area (Å²) in [5.41, 5.74) is -0.714. The molecule has 0 saturated heterocycles. The predicted molar refractivity (Wildman–Crippen MR) is 89.9 cm³/mol. The van der Waals surface area contributed by atoms with Crippen molar-refractivity contribution in [2.75, 3.05) is 12.4 Å². The molecule has 6 nitrogen and oxygen atoms in total. The Morgan fingerprint density at radius 1 is 1.35 bits per heavy atom. The molecular formula is C16H13F3N4O2S. The summed E-state index contributed by atoms with van der Waals surface area (Å²) in [6.45, 7) is 1.84. The van der Waals surface area contributed by atoms with Gasteiger partial charge in [-0.15, -0.1) is 11.3 Å². The number of halogens is 3. The average Bonchev–Trinajstić information content (AvgIpc) is 3.20. The first kappa shape index (κ1) is 17.9. The summed E-state index contributed by atoms with van der Waals surface area (Å²) in [5, 5.41) is 7.05. The molecule has 1 aromatic carbocycles. The number of rotatable bonds is 4. The molecule has 0 aliphatic heterocycles. The van der Waals surface area contributed by atoms with E-state index in [0.717, 1.165) is 21.7 Å². The number of aromatic nitrogens is 3. The lowest BCUT2D eigenvalue weighted by atomic mass is 10.2. The van der Waals surface area contributed by atoms with Crippen LogP contribution in [0.15, 0.2) is 36.7 Å². The first-order valence-corrected chi connectivity index (χ1v) is 8.14. The molecule has 2 aromatic heterocycles. The minimum atomic E-state index is -4.48. The largest absolute Gasteiger partial charge is 0.493 e. The van der Waals surface area contributed by atoms with Crippen LogP contribution in [0.25, 0.3) is 5.69 Å². The van der Waals surface area contributed by atoms with E-state index < -0.39 is 17.6 Å². The van der Waals surface area contributed by atoms with Gasteiger partial charge in [-0.1, -0.05) is 6.07 Å². The number of ether oxygens (including phenoxy) is 1. The number of thiazole rings is 1. The van der Waals surface area contributed by atoms with Gasteiger partial charge in [-0.05, 0) is 25.1 Å². The zero-order valence-corrected chi connectivity index (χ0v) is 14.5. The van der Waals surface area contributed by atoms with Crippen LogP contribution in [0.3, 0.4) is 0 Å². The highest BCUT2D eigenvalue weighted by Gasteiger charge is 2.30. The van der Waals surface area contributed by atoms with E-state index in [4.69, 9.17) is 4.74 Å². The number of hydrogen-bond donors (Lipinski definition) is 1. The maximum atomic E-state index is 12.9. The third kappa shape index (κ3) is 3.69. The molecule has 0 unspecified atom stereocenters. The first-order valence-electron chi connectivity index (χ1n) is 7.33. The Hall–Kier alpha value is -2.88. The average molecular weight is 382 g/mol. The number of aryl methyl sites for hydroxylation is 1. The summed E-state index contributed by atoms with van der Waals surface area (Å²) in [6, 6.07) is 4.62. The van der Waals surface area contributed by atoms with Crippen LogP contribution >= 0.6 is 11.3 Å². The van der Waals surface area contributed by atoms with Gasteiger partial charge in [0.05, 0.1) is 24.6 Å². The van der Waals surface area contributed by atoms with E-state index in [2.05, 4.69) is 15.4 Å². The Morgan fingerprint density at radius 2 is 2.12 bits per heavy atom. The summed E-state index contributed by atoms with van der Waals surface area (Å²) >= 11 is 1.29. The SMILES string of the molecule is COc1cn(-c2cccc(C(F)(F)F)c2)nc1C(=O)Nc1ncc(C)s1. The van der Waals surface area contributed by atoms with Gasteiger partial charge in [-0.3, -0.25) is 10.1 Å². The van der Waals surface area contributed by atoms with Crippen molar-refractivity contribution in [3.8, 4) is 11.4 Å². The fourth-order valence-electron chi connectivity index (χ4n) is 2.19. The molecule has 0 fully saturated rings. The molecule has 0 spiro atoms. The number of methoxy groups -OCH3 is 1. The molecule has 136 valence electrons. The summed E-state index contributed by atoms with van der Waals surface area (Å²) in [5.74, 6) is -0.435. The molecule has 0 saturated carbocycles. The van der Waals surface area contributed by atoms with Crippen LogP contribution in [-0.2, 0) is 6.18 Å². The molecule has 2 heterocycles. The van der Waals surface area contributed by atoms with Crippen molar-refractivity contribution in [1.29, 1.82) is 0 Å². The highest BCUT2D eigenvalue weighted by atomic mass is 32.1. The number of nitrogens with one attached hydrogen (secondary N) is 1. The van der Waals surface area contributed by atoms with Gasteiger partial charge in [0.1, 0.15) is 0 Å². The van der Waals surface area contributed by atoms with Gasteiger partial charge in [0.25, 0.3) is 5.91 Å². The monoisotopic (exact) mass is 382 g/mol. The van der Waals surface area contributed by atoms with Crippen molar-refractivity contribution in [2.45, 2.75) is 13.1 Å². The third-order valence-corrected chi connectivity index (χ3v) is 4.22. The van der Waals surface area contributed by atoms with Crippen LogP contribution in [-0.4, -0.2) is 27.8 Å². The van der Waals surface area contributed by atoms with E-state index in [0.29, 0.717) is 5.13 Å². The molecule has 3 rings (SSSR count). The van der Waals surface area contributed by atoms with Crippen LogP contribution in [0.2, 0.25) is 0 Å². The number of anilines is 1. The molecule has 1 amide bonds. The van der Waals surface area contributed by atoms with Crippen molar-refractivity contribution in [3.63, 3.8) is 0 Å². The van der Waals surface area contributed by atoms with E-state index in [1.807, 2.05) is 6.92 Å². The van der Waals surface area contributed by atoms with E-state index >= 15 is 0 Å². The summed E-state index contributed by atoms with van der Waals surface area (Å²) in [4.78, 5) is 17.3. The van der Waals surface area contributed by atoms with Gasteiger partial charge in [-0.25, -0.2) is 9.67 Å². The molecule has 3 aromatic rings. The Morgan fingerprint density at radius 3 is 2.73 bits per heavy atom. The molecule has 0 atom stereocenters. The summed E-state index contributed by atoms with van der Waals surface area (Å²) in [7, 11) is 1.35. The van der Waals surface area contributed by atoms with Crippen LogP contribution in [0.1, 0.15) is 20.9 Å². The highest BCUT2D eigenvalue weighted by Crippen LogP contribution is 2.31. The van der Waals surface area contributed by atoms with Gasteiger partial charge in [0.2, 0.25) is 0 Å². The summed E-state index contributed by atoms with van der Waals surface area (Å²) in [6.07, 6.45) is -1.52. The van der Waals surface area contributed by atoms with Crippen LogP contribution in [0, 0.1) is 6.92 Å². The normalized spacial score (nSPS) is 11.4. The fourth-order valence-corrected chi connectivity index (χ4v) is 2.85. The van der Waals surface area contributed by atoms with Gasteiger partial charge < -0.3 is 4.74 Å². The lowest BCUT2D eigenvalue weighted by Crippen LogP contribution is -2.14. The molecule has 0 aliphatic carbocycles. The second-order valence-electron chi connectivity index (χ2n) is 5.27. The molecular weight excluding hydrogens is 369 g/mol. The number of benzene rings is 1.